The topological polar surface area (TPSA) is 177 Å². The Labute approximate surface area is 72.1 Å². The first kappa shape index (κ1) is 11.6. The summed E-state index contributed by atoms with van der Waals surface area (Å²) < 4.78 is 13.9. The van der Waals surface area contributed by atoms with Crippen LogP contribution < -0.4 is 17.2 Å². The number of hydrogen-bond acceptors (Lipinski definition) is 4. The van der Waals surface area contributed by atoms with Gasteiger partial charge in [0.15, 0.2) is 0 Å². The Bertz CT molecular complexity index is 266. The number of nitrogens with two attached hydrogens (primary N) is 3. The van der Waals surface area contributed by atoms with Crippen LogP contribution in [0.4, 0.5) is 4.79 Å². The van der Waals surface area contributed by atoms with Crippen LogP contribution in [-0.2, 0) is 9.19 Å². The van der Waals surface area contributed by atoms with Gasteiger partial charge in [0.05, 0.1) is 0 Å². The number of hydrogen-bond donors (Lipinski definition) is 5. The molecular formula is C2H8N5O5P. The molecule has 0 aliphatic heterocycles. The molecule has 76 valence electrons. The van der Waals surface area contributed by atoms with E-state index < -0.39 is 19.8 Å². The fourth-order valence-electron chi connectivity index (χ4n) is 0.313. The molecule has 0 saturated heterocycles. The summed E-state index contributed by atoms with van der Waals surface area (Å²) in [5.74, 6) is -0.646. The summed E-state index contributed by atoms with van der Waals surface area (Å²) in [4.78, 5) is 26.9. The number of guanidine groups is 1. The molecule has 0 saturated carbocycles. The number of carbonyl (C=O) groups excluding carboxylic acids is 1. The quantitative estimate of drug-likeness (QED) is 0.150. The zero-order valence-corrected chi connectivity index (χ0v) is 7.09. The number of primary amides is 1. The Balaban J connectivity index is 4.56. The van der Waals surface area contributed by atoms with Gasteiger partial charge in [0.25, 0.3) is 0 Å². The number of hydrazone groups is 1. The molecule has 0 heterocycles. The molecule has 11 heteroatoms. The highest BCUT2D eigenvalue weighted by Crippen LogP contribution is 2.37. The Hall–Kier alpha value is -1.35. The summed E-state index contributed by atoms with van der Waals surface area (Å²) in [6, 6.07) is -1.38. The lowest BCUT2D eigenvalue weighted by Crippen LogP contribution is -2.35. The molecule has 0 radical (unpaired) electrons. The molecule has 0 atom stereocenters. The van der Waals surface area contributed by atoms with Crippen molar-refractivity contribution in [1.82, 2.24) is 5.17 Å². The predicted molar refractivity (Wildman–Crippen MR) is 40.4 cm³/mol. The third-order valence-corrected chi connectivity index (χ3v) is 0.946. The van der Waals surface area contributed by atoms with Gasteiger partial charge in [-0.05, 0) is 0 Å². The summed E-state index contributed by atoms with van der Waals surface area (Å²) in [5, 5.41) is 2.67. The minimum atomic E-state index is -4.93. The van der Waals surface area contributed by atoms with E-state index in [4.69, 9.17) is 21.3 Å². The Morgan fingerprint density at radius 2 is 1.85 bits per heavy atom. The standard InChI is InChI=1S/C2H8N5O5P/c3-1(4)6-7(2(5)8)12-13(9,10)11/h(H2,5,8)(H4,3,4,6)(H2,9,10,11). The van der Waals surface area contributed by atoms with E-state index in [9.17, 15) is 9.36 Å². The number of amides is 2. The molecule has 0 unspecified atom stereocenters. The average Bonchev–Trinajstić information content (AvgIpc) is 1.81. The summed E-state index contributed by atoms with van der Waals surface area (Å²) in [7, 11) is -4.93. The maximum absolute atomic E-state index is 10.4. The number of urea groups is 1. The first-order valence-corrected chi connectivity index (χ1v) is 4.20. The highest BCUT2D eigenvalue weighted by atomic mass is 31.2. The van der Waals surface area contributed by atoms with Crippen molar-refractivity contribution in [2.75, 3.05) is 0 Å². The highest BCUT2D eigenvalue weighted by molar-refractivity contribution is 7.46. The van der Waals surface area contributed by atoms with Crippen LogP contribution in [-0.4, -0.2) is 26.9 Å². The van der Waals surface area contributed by atoms with E-state index in [1.54, 1.807) is 0 Å². The summed E-state index contributed by atoms with van der Waals surface area (Å²) in [6.07, 6.45) is 0. The van der Waals surface area contributed by atoms with Crippen molar-refractivity contribution in [2.45, 2.75) is 0 Å². The van der Waals surface area contributed by atoms with E-state index in [0.29, 0.717) is 0 Å². The van der Waals surface area contributed by atoms with Crippen LogP contribution in [0.2, 0.25) is 0 Å². The molecule has 0 aliphatic carbocycles. The number of nitrogens with zero attached hydrogens (tertiary/aromatic N) is 2. The molecular weight excluding hydrogens is 205 g/mol. The van der Waals surface area contributed by atoms with Gasteiger partial charge >= 0.3 is 13.9 Å². The van der Waals surface area contributed by atoms with Gasteiger partial charge < -0.3 is 27.0 Å². The second-order valence-electron chi connectivity index (χ2n) is 1.71. The lowest BCUT2D eigenvalue weighted by Gasteiger charge is -2.13. The van der Waals surface area contributed by atoms with E-state index in [0.717, 1.165) is 0 Å². The number of phosphoric acid groups is 1. The van der Waals surface area contributed by atoms with Gasteiger partial charge in [0.2, 0.25) is 5.96 Å². The van der Waals surface area contributed by atoms with Crippen molar-refractivity contribution < 1.29 is 23.8 Å². The SMILES string of the molecule is NC(=O)N(N=C(N)N)OP(=O)(O)O. The van der Waals surface area contributed by atoms with E-state index in [-0.39, 0.29) is 5.17 Å². The molecule has 0 aromatic heterocycles. The van der Waals surface area contributed by atoms with E-state index in [1.807, 2.05) is 0 Å². The molecule has 0 bridgehead atoms. The first-order valence-electron chi connectivity index (χ1n) is 2.67. The Kier molecular flexibility index (Phi) is 3.63. The van der Waals surface area contributed by atoms with Crippen molar-refractivity contribution in [3.05, 3.63) is 0 Å². The van der Waals surface area contributed by atoms with Crippen molar-refractivity contribution >= 4 is 19.8 Å². The number of carbonyl (C=O) groups is 1. The molecule has 0 aromatic rings. The number of hydroxylamine groups is 1. The van der Waals surface area contributed by atoms with Crippen molar-refractivity contribution in [2.24, 2.45) is 22.3 Å². The molecule has 0 aromatic carbocycles. The molecule has 0 aliphatic rings. The minimum absolute atomic E-state index is 0.212. The minimum Gasteiger partial charge on any atom is -0.369 e. The smallest absolute Gasteiger partial charge is 0.369 e. The Morgan fingerprint density at radius 1 is 1.38 bits per heavy atom. The second kappa shape index (κ2) is 4.05. The van der Waals surface area contributed by atoms with Crippen LogP contribution in [0.3, 0.4) is 0 Å². The average molecular weight is 213 g/mol. The lowest BCUT2D eigenvalue weighted by atomic mass is 11.1. The summed E-state index contributed by atoms with van der Waals surface area (Å²) in [5.41, 5.74) is 14.2. The van der Waals surface area contributed by atoms with Crippen LogP contribution in [0.5, 0.6) is 0 Å². The van der Waals surface area contributed by atoms with Gasteiger partial charge in [-0.25, -0.2) is 9.36 Å². The Morgan fingerprint density at radius 3 is 2.08 bits per heavy atom. The predicted octanol–water partition coefficient (Wildman–Crippen LogP) is -2.42. The largest absolute Gasteiger partial charge is 0.493 e. The molecule has 13 heavy (non-hydrogen) atoms. The van der Waals surface area contributed by atoms with Gasteiger partial charge in [0.1, 0.15) is 0 Å². The normalized spacial score (nSPS) is 10.6. The monoisotopic (exact) mass is 213 g/mol. The third kappa shape index (κ3) is 5.87. The van der Waals surface area contributed by atoms with Crippen LogP contribution in [0.25, 0.3) is 0 Å². The van der Waals surface area contributed by atoms with E-state index in [2.05, 4.69) is 15.5 Å². The van der Waals surface area contributed by atoms with Gasteiger partial charge in [-0.15, -0.1) is 9.73 Å². The molecule has 8 N–H and O–H groups in total. The zero-order valence-electron chi connectivity index (χ0n) is 6.19. The van der Waals surface area contributed by atoms with Crippen LogP contribution in [0.1, 0.15) is 0 Å². The van der Waals surface area contributed by atoms with Crippen molar-refractivity contribution in [1.29, 1.82) is 0 Å². The first-order chi connectivity index (χ1) is 5.72. The van der Waals surface area contributed by atoms with Gasteiger partial charge in [0, 0.05) is 0 Å². The summed E-state index contributed by atoms with van der Waals surface area (Å²) in [6.45, 7) is 0. The molecule has 0 spiro atoms. The zero-order chi connectivity index (χ0) is 10.6. The van der Waals surface area contributed by atoms with Crippen LogP contribution in [0.15, 0.2) is 5.10 Å². The molecule has 0 fully saturated rings. The summed E-state index contributed by atoms with van der Waals surface area (Å²) >= 11 is 0. The van der Waals surface area contributed by atoms with Gasteiger partial charge in [-0.1, -0.05) is 5.17 Å². The molecule has 2 amide bonds. The second-order valence-corrected chi connectivity index (χ2v) is 2.85. The fraction of sp³-hybridized carbons (Fsp3) is 0. The maximum atomic E-state index is 10.4. The number of rotatable bonds is 3. The third-order valence-electron chi connectivity index (χ3n) is 0.579. The molecule has 10 nitrogen and oxygen atoms in total. The maximum Gasteiger partial charge on any atom is 0.493 e. The van der Waals surface area contributed by atoms with Crippen molar-refractivity contribution in [3.8, 4) is 0 Å². The van der Waals surface area contributed by atoms with Crippen LogP contribution >= 0.6 is 7.82 Å². The lowest BCUT2D eigenvalue weighted by molar-refractivity contribution is -0.0340. The fourth-order valence-corrected chi connectivity index (χ4v) is 0.632. The van der Waals surface area contributed by atoms with Gasteiger partial charge in [-0.2, -0.15) is 0 Å². The molecule has 0 rings (SSSR count). The highest BCUT2D eigenvalue weighted by Gasteiger charge is 2.23. The van der Waals surface area contributed by atoms with E-state index in [1.165, 1.54) is 0 Å². The van der Waals surface area contributed by atoms with Gasteiger partial charge in [-0.3, -0.25) is 0 Å². The van der Waals surface area contributed by atoms with Crippen LogP contribution in [0, 0.1) is 0 Å². The van der Waals surface area contributed by atoms with Crippen molar-refractivity contribution in [3.63, 3.8) is 0 Å². The van der Waals surface area contributed by atoms with E-state index >= 15 is 0 Å².